The van der Waals surface area contributed by atoms with Crippen molar-refractivity contribution in [2.45, 2.75) is 246 Å². The summed E-state index contributed by atoms with van der Waals surface area (Å²) in [6.07, 6.45) is 44.0. The Labute approximate surface area is 414 Å². The molecule has 3 heterocycles. The van der Waals surface area contributed by atoms with E-state index in [1.807, 2.05) is 22.7 Å². The minimum atomic E-state index is 0.672. The van der Waals surface area contributed by atoms with Gasteiger partial charge in [0.15, 0.2) is 11.5 Å². The van der Waals surface area contributed by atoms with Gasteiger partial charge in [-0.1, -0.05) is 207 Å². The van der Waals surface area contributed by atoms with Crippen LogP contribution in [0.2, 0.25) is 0 Å². The van der Waals surface area contributed by atoms with E-state index in [4.69, 9.17) is 18.2 Å². The van der Waals surface area contributed by atoms with Gasteiger partial charge in [0.1, 0.15) is 11.0 Å². The molecule has 0 atom stereocenters. The van der Waals surface area contributed by atoms with Gasteiger partial charge in [-0.2, -0.15) is 8.75 Å². The van der Waals surface area contributed by atoms with Crippen molar-refractivity contribution in [1.29, 1.82) is 0 Å². The number of aryl methyl sites for hydroxylation is 2. The Balaban J connectivity index is 1.60. The number of ether oxygens (including phenoxy) is 2. The zero-order valence-corrected chi connectivity index (χ0v) is 45.9. The minimum Gasteiger partial charge on any atom is -0.489 e. The van der Waals surface area contributed by atoms with E-state index in [9.17, 15) is 0 Å². The second-order valence-electron chi connectivity index (χ2n) is 18.3. The normalized spacial score (nSPS) is 11.7. The van der Waals surface area contributed by atoms with Crippen LogP contribution in [0.15, 0.2) is 19.7 Å². The van der Waals surface area contributed by atoms with Crippen LogP contribution in [0.3, 0.4) is 0 Å². The summed E-state index contributed by atoms with van der Waals surface area (Å²) in [5.41, 5.74) is 6.80. The predicted molar refractivity (Wildman–Crippen MR) is 288 cm³/mol. The first-order valence-electron chi connectivity index (χ1n) is 26.2. The van der Waals surface area contributed by atoms with Gasteiger partial charge in [-0.3, -0.25) is 0 Å². The van der Waals surface area contributed by atoms with Crippen LogP contribution < -0.4 is 9.47 Å². The number of halogens is 2. The minimum absolute atomic E-state index is 0.672. The Morgan fingerprint density at radius 2 is 0.683 bits per heavy atom. The maximum Gasteiger partial charge on any atom is 0.172 e. The molecule has 0 bridgehead atoms. The Morgan fingerprint density at radius 1 is 0.397 bits per heavy atom. The number of thiophene rings is 2. The van der Waals surface area contributed by atoms with Crippen molar-refractivity contribution < 1.29 is 9.47 Å². The molecule has 0 saturated heterocycles. The maximum absolute atomic E-state index is 7.07. The van der Waals surface area contributed by atoms with E-state index in [0.29, 0.717) is 13.2 Å². The summed E-state index contributed by atoms with van der Waals surface area (Å²) >= 11 is 13.0. The monoisotopic (exact) mass is 1050 g/mol. The zero-order chi connectivity index (χ0) is 44.7. The van der Waals surface area contributed by atoms with Gasteiger partial charge in [-0.15, -0.1) is 22.7 Å². The summed E-state index contributed by atoms with van der Waals surface area (Å²) in [6.45, 7) is 10.5. The maximum atomic E-state index is 7.07. The molecule has 0 saturated carbocycles. The fourth-order valence-corrected chi connectivity index (χ4v) is 13.0. The summed E-state index contributed by atoms with van der Waals surface area (Å²) in [5.74, 6) is 1.73. The molecule has 0 N–H and O–H groups in total. The van der Waals surface area contributed by atoms with Crippen LogP contribution in [0.25, 0.3) is 31.9 Å². The lowest BCUT2D eigenvalue weighted by Crippen LogP contribution is -2.06. The fraction of sp³-hybridized carbons (Fsp3) is 0.741. The Hall–Kier alpha value is -1.00. The number of aromatic nitrogens is 2. The van der Waals surface area contributed by atoms with Crippen LogP contribution in [0.1, 0.15) is 244 Å². The summed E-state index contributed by atoms with van der Waals surface area (Å²) in [4.78, 5) is 2.40. The lowest BCUT2D eigenvalue weighted by Gasteiger charge is -2.20. The van der Waals surface area contributed by atoms with E-state index in [0.717, 1.165) is 59.3 Å². The summed E-state index contributed by atoms with van der Waals surface area (Å²) in [6, 6.07) is 4.83. The molecule has 0 fully saturated rings. The first-order chi connectivity index (χ1) is 31.0. The van der Waals surface area contributed by atoms with Crippen molar-refractivity contribution in [1.82, 2.24) is 8.75 Å². The van der Waals surface area contributed by atoms with Crippen molar-refractivity contribution in [3.63, 3.8) is 0 Å². The highest BCUT2D eigenvalue weighted by atomic mass is 79.9. The highest BCUT2D eigenvalue weighted by molar-refractivity contribution is 9.11. The number of fused-ring (bicyclic) bond motifs is 1. The molecule has 63 heavy (non-hydrogen) atoms. The quantitative estimate of drug-likeness (QED) is 0.0417. The lowest BCUT2D eigenvalue weighted by molar-refractivity contribution is 0.260. The molecule has 4 rings (SSSR count). The number of nitrogens with zero attached hydrogens (tertiary/aromatic N) is 2. The predicted octanol–water partition coefficient (Wildman–Crippen LogP) is 21.1. The molecule has 356 valence electrons. The molecule has 1 aromatic carbocycles. The lowest BCUT2D eigenvalue weighted by atomic mass is 10.00. The SMILES string of the molecule is CCCCCCCCCCCCc1cc(-c2c(OCCCCCCCC)c(OCCCCCCCC)c(-c3cc(CCCCCCCCCCCC)c(Br)s3)c3nsnc23)sc1Br. The Kier molecular flexibility index (Phi) is 29.7. The number of hydrogen-bond acceptors (Lipinski definition) is 7. The molecular weight excluding hydrogens is 965 g/mol. The number of rotatable bonds is 40. The molecule has 0 unspecified atom stereocenters. The second-order valence-corrected chi connectivity index (χ2v) is 23.6. The van der Waals surface area contributed by atoms with Crippen molar-refractivity contribution in [3.8, 4) is 32.4 Å². The van der Waals surface area contributed by atoms with Gasteiger partial charge >= 0.3 is 0 Å². The second kappa shape index (κ2) is 34.3. The fourth-order valence-electron chi connectivity index (χ4n) is 8.81. The molecule has 4 aromatic rings. The van der Waals surface area contributed by atoms with Gasteiger partial charge in [-0.05, 0) is 93.6 Å². The van der Waals surface area contributed by atoms with E-state index < -0.39 is 0 Å². The summed E-state index contributed by atoms with van der Waals surface area (Å²) < 4.78 is 26.7. The number of unbranched alkanes of at least 4 members (excludes halogenated alkanes) is 28. The zero-order valence-electron chi connectivity index (χ0n) is 40.3. The third-order valence-corrected chi connectivity index (χ3v) is 17.2. The van der Waals surface area contributed by atoms with E-state index in [-0.39, 0.29) is 0 Å². The van der Waals surface area contributed by atoms with Gasteiger partial charge in [0.2, 0.25) is 0 Å². The third-order valence-electron chi connectivity index (χ3n) is 12.7. The van der Waals surface area contributed by atoms with E-state index in [2.05, 4.69) is 71.7 Å². The number of benzene rings is 1. The highest BCUT2D eigenvalue weighted by Crippen LogP contribution is 2.54. The Bertz CT molecular complexity index is 1640. The van der Waals surface area contributed by atoms with Crippen LogP contribution in [0.4, 0.5) is 0 Å². The molecule has 4 nitrogen and oxygen atoms in total. The largest absolute Gasteiger partial charge is 0.489 e. The van der Waals surface area contributed by atoms with Crippen molar-refractivity contribution in [2.24, 2.45) is 0 Å². The smallest absolute Gasteiger partial charge is 0.172 e. The molecule has 9 heteroatoms. The van der Waals surface area contributed by atoms with Crippen LogP contribution in [-0.4, -0.2) is 22.0 Å². The topological polar surface area (TPSA) is 44.2 Å². The Morgan fingerprint density at radius 3 is 1.00 bits per heavy atom. The van der Waals surface area contributed by atoms with Gasteiger partial charge in [0.25, 0.3) is 0 Å². The molecule has 0 aliphatic carbocycles. The van der Waals surface area contributed by atoms with Crippen molar-refractivity contribution >= 4 is 77.3 Å². The van der Waals surface area contributed by atoms with Gasteiger partial charge in [0.05, 0.1) is 43.6 Å². The molecule has 0 spiro atoms. The van der Waals surface area contributed by atoms with Crippen molar-refractivity contribution in [2.75, 3.05) is 13.2 Å². The summed E-state index contributed by atoms with van der Waals surface area (Å²) in [7, 11) is 0. The van der Waals surface area contributed by atoms with Crippen molar-refractivity contribution in [3.05, 3.63) is 30.8 Å². The molecule has 3 aromatic heterocycles. The van der Waals surface area contributed by atoms with E-state index >= 15 is 0 Å². The molecule has 0 amide bonds. The summed E-state index contributed by atoms with van der Waals surface area (Å²) in [5, 5.41) is 0. The first kappa shape index (κ1) is 54.6. The molecule has 0 aliphatic heterocycles. The standard InChI is InChI=1S/C54H86Br2N2O2S3/c1-5-9-13-17-21-23-25-27-29-33-37-43-41-45(61-53(43)55)47-49-50(58-63-57-49)48(46-42-44(54(56)62-46)38-34-30-28-26-24-22-18-14-10-6-2)52(60-40-36-32-20-16-12-8-4)51(47)59-39-35-31-19-15-11-7-3/h41-42H,5-40H2,1-4H3. The van der Waals surface area contributed by atoms with Gasteiger partial charge in [-0.25, -0.2) is 0 Å². The van der Waals surface area contributed by atoms with Crippen LogP contribution in [0.5, 0.6) is 11.5 Å². The molecule has 0 aliphatic rings. The highest BCUT2D eigenvalue weighted by Gasteiger charge is 2.30. The van der Waals surface area contributed by atoms with Gasteiger partial charge in [0, 0.05) is 9.75 Å². The molecular formula is C54H86Br2N2O2S3. The van der Waals surface area contributed by atoms with Gasteiger partial charge < -0.3 is 9.47 Å². The van der Waals surface area contributed by atoms with Crippen LogP contribution >= 0.6 is 66.3 Å². The van der Waals surface area contributed by atoms with Crippen LogP contribution in [0, 0.1) is 0 Å². The third kappa shape index (κ3) is 20.0. The average molecular weight is 1050 g/mol. The number of hydrogen-bond donors (Lipinski definition) is 0. The van der Waals surface area contributed by atoms with E-state index in [1.54, 1.807) is 0 Å². The molecule has 0 radical (unpaired) electrons. The first-order valence-corrected chi connectivity index (χ1v) is 30.1. The van der Waals surface area contributed by atoms with Crippen LogP contribution in [-0.2, 0) is 12.8 Å². The average Bonchev–Trinajstić information content (AvgIpc) is 4.02. The van der Waals surface area contributed by atoms with E-state index in [1.165, 1.54) is 233 Å².